The first kappa shape index (κ1) is 12.1. The monoisotopic (exact) mass is 242 g/mol. The smallest absolute Gasteiger partial charge is 0.256 e. The van der Waals surface area contributed by atoms with Crippen molar-refractivity contribution in [3.05, 3.63) is 53.2 Å². The van der Waals surface area contributed by atoms with Crippen LogP contribution in [0.4, 0.5) is 5.82 Å². The number of carbonyl (C=O) groups is 1. The zero-order valence-electron chi connectivity index (χ0n) is 10.3. The van der Waals surface area contributed by atoms with Crippen molar-refractivity contribution >= 4 is 11.7 Å². The van der Waals surface area contributed by atoms with E-state index in [9.17, 15) is 9.90 Å². The van der Waals surface area contributed by atoms with Gasteiger partial charge in [0.1, 0.15) is 11.6 Å². The molecule has 0 atom stereocenters. The van der Waals surface area contributed by atoms with E-state index in [1.54, 1.807) is 25.1 Å². The van der Waals surface area contributed by atoms with Crippen LogP contribution in [-0.2, 0) is 0 Å². The number of nitrogens with one attached hydrogen (secondary N) is 1. The van der Waals surface area contributed by atoms with Crippen LogP contribution in [0.25, 0.3) is 0 Å². The van der Waals surface area contributed by atoms with Crippen LogP contribution >= 0.6 is 0 Å². The van der Waals surface area contributed by atoms with E-state index in [2.05, 4.69) is 10.3 Å². The summed E-state index contributed by atoms with van der Waals surface area (Å²) in [6.07, 6.45) is 0. The SMILES string of the molecule is Cc1cccc(NC(=O)c2ccc(C)c(O)c2)n1. The molecule has 92 valence electrons. The zero-order valence-corrected chi connectivity index (χ0v) is 10.3. The van der Waals surface area contributed by atoms with Gasteiger partial charge in [0.2, 0.25) is 0 Å². The Labute approximate surface area is 105 Å². The van der Waals surface area contributed by atoms with Crippen molar-refractivity contribution in [2.45, 2.75) is 13.8 Å². The van der Waals surface area contributed by atoms with E-state index in [-0.39, 0.29) is 11.7 Å². The van der Waals surface area contributed by atoms with Gasteiger partial charge in [-0.3, -0.25) is 4.79 Å². The van der Waals surface area contributed by atoms with Crippen LogP contribution in [0.1, 0.15) is 21.6 Å². The van der Waals surface area contributed by atoms with Crippen LogP contribution in [0.15, 0.2) is 36.4 Å². The molecule has 0 saturated carbocycles. The largest absolute Gasteiger partial charge is 0.508 e. The van der Waals surface area contributed by atoms with Crippen molar-refractivity contribution in [3.8, 4) is 5.75 Å². The lowest BCUT2D eigenvalue weighted by Crippen LogP contribution is -2.13. The number of phenolic OH excluding ortho intramolecular Hbond substituents is 1. The summed E-state index contributed by atoms with van der Waals surface area (Å²) < 4.78 is 0. The maximum absolute atomic E-state index is 11.9. The summed E-state index contributed by atoms with van der Waals surface area (Å²) in [7, 11) is 0. The minimum atomic E-state index is -0.289. The molecular formula is C14H14N2O2. The fraction of sp³-hybridized carbons (Fsp3) is 0.143. The van der Waals surface area contributed by atoms with E-state index in [1.807, 2.05) is 19.1 Å². The predicted octanol–water partition coefficient (Wildman–Crippen LogP) is 2.66. The minimum Gasteiger partial charge on any atom is -0.508 e. The summed E-state index contributed by atoms with van der Waals surface area (Å²) in [5.41, 5.74) is 1.97. The summed E-state index contributed by atoms with van der Waals surface area (Å²) in [6.45, 7) is 3.63. The minimum absolute atomic E-state index is 0.111. The number of nitrogens with zero attached hydrogens (tertiary/aromatic N) is 1. The van der Waals surface area contributed by atoms with Gasteiger partial charge in [-0.1, -0.05) is 12.1 Å². The van der Waals surface area contributed by atoms with Crippen LogP contribution < -0.4 is 5.32 Å². The number of anilines is 1. The quantitative estimate of drug-likeness (QED) is 0.851. The van der Waals surface area contributed by atoms with Crippen molar-refractivity contribution in [1.82, 2.24) is 4.98 Å². The molecular weight excluding hydrogens is 228 g/mol. The van der Waals surface area contributed by atoms with Crippen LogP contribution in [0.2, 0.25) is 0 Å². The Hall–Kier alpha value is -2.36. The molecule has 0 spiro atoms. The normalized spacial score (nSPS) is 10.1. The number of carbonyl (C=O) groups excluding carboxylic acids is 1. The number of pyridine rings is 1. The fourth-order valence-electron chi connectivity index (χ4n) is 1.55. The average Bonchev–Trinajstić information content (AvgIpc) is 2.32. The predicted molar refractivity (Wildman–Crippen MR) is 69.8 cm³/mol. The van der Waals surface area contributed by atoms with Gasteiger partial charge >= 0.3 is 0 Å². The van der Waals surface area contributed by atoms with Gasteiger partial charge < -0.3 is 10.4 Å². The number of hydrogen-bond donors (Lipinski definition) is 2. The lowest BCUT2D eigenvalue weighted by molar-refractivity contribution is 0.102. The molecule has 0 bridgehead atoms. The Morgan fingerprint density at radius 3 is 2.67 bits per heavy atom. The number of aromatic nitrogens is 1. The van der Waals surface area contributed by atoms with Gasteiger partial charge in [-0.25, -0.2) is 4.98 Å². The highest BCUT2D eigenvalue weighted by Crippen LogP contribution is 2.18. The van der Waals surface area contributed by atoms with Gasteiger partial charge in [0.15, 0.2) is 0 Å². The molecule has 18 heavy (non-hydrogen) atoms. The average molecular weight is 242 g/mol. The first-order valence-corrected chi connectivity index (χ1v) is 5.61. The lowest BCUT2D eigenvalue weighted by Gasteiger charge is -2.06. The first-order valence-electron chi connectivity index (χ1n) is 5.61. The molecule has 1 amide bonds. The molecule has 1 heterocycles. The van der Waals surface area contributed by atoms with E-state index in [0.29, 0.717) is 11.4 Å². The second-order valence-corrected chi connectivity index (χ2v) is 4.12. The van der Waals surface area contributed by atoms with E-state index in [4.69, 9.17) is 0 Å². The summed E-state index contributed by atoms with van der Waals surface area (Å²) in [5.74, 6) is 0.323. The van der Waals surface area contributed by atoms with Gasteiger partial charge in [0, 0.05) is 11.3 Å². The van der Waals surface area contributed by atoms with Crippen molar-refractivity contribution in [2.24, 2.45) is 0 Å². The summed E-state index contributed by atoms with van der Waals surface area (Å²) in [4.78, 5) is 16.1. The first-order chi connectivity index (χ1) is 8.56. The lowest BCUT2D eigenvalue weighted by atomic mass is 10.1. The van der Waals surface area contributed by atoms with Gasteiger partial charge in [0.05, 0.1) is 0 Å². The number of phenols is 1. The van der Waals surface area contributed by atoms with Crippen LogP contribution in [0, 0.1) is 13.8 Å². The van der Waals surface area contributed by atoms with E-state index in [1.165, 1.54) is 6.07 Å². The van der Waals surface area contributed by atoms with Crippen LogP contribution in [0.5, 0.6) is 5.75 Å². The molecule has 4 nitrogen and oxygen atoms in total. The molecule has 0 unspecified atom stereocenters. The number of aromatic hydroxyl groups is 1. The molecule has 1 aromatic heterocycles. The van der Waals surface area contributed by atoms with Crippen LogP contribution in [0.3, 0.4) is 0 Å². The van der Waals surface area contributed by atoms with Crippen molar-refractivity contribution in [1.29, 1.82) is 0 Å². The molecule has 0 saturated heterocycles. The zero-order chi connectivity index (χ0) is 13.1. The summed E-state index contributed by atoms with van der Waals surface area (Å²) >= 11 is 0. The Morgan fingerprint density at radius 2 is 2.00 bits per heavy atom. The van der Waals surface area contributed by atoms with Crippen molar-refractivity contribution < 1.29 is 9.90 Å². The fourth-order valence-corrected chi connectivity index (χ4v) is 1.55. The van der Waals surface area contributed by atoms with E-state index in [0.717, 1.165) is 11.3 Å². The maximum Gasteiger partial charge on any atom is 0.256 e. The van der Waals surface area contributed by atoms with Gasteiger partial charge in [-0.15, -0.1) is 0 Å². The molecule has 2 N–H and O–H groups in total. The topological polar surface area (TPSA) is 62.2 Å². The number of hydrogen-bond acceptors (Lipinski definition) is 3. The second-order valence-electron chi connectivity index (χ2n) is 4.12. The summed E-state index contributed by atoms with van der Waals surface area (Å²) in [6, 6.07) is 10.2. The Kier molecular flexibility index (Phi) is 3.28. The van der Waals surface area contributed by atoms with Crippen molar-refractivity contribution in [3.63, 3.8) is 0 Å². The second kappa shape index (κ2) is 4.87. The third kappa shape index (κ3) is 2.66. The molecule has 4 heteroatoms. The van der Waals surface area contributed by atoms with Crippen molar-refractivity contribution in [2.75, 3.05) is 5.32 Å². The highest BCUT2D eigenvalue weighted by molar-refractivity contribution is 6.04. The van der Waals surface area contributed by atoms with E-state index >= 15 is 0 Å². The number of aryl methyl sites for hydroxylation is 2. The number of benzene rings is 1. The molecule has 0 aliphatic heterocycles. The van der Waals surface area contributed by atoms with Gasteiger partial charge in [0.25, 0.3) is 5.91 Å². The highest BCUT2D eigenvalue weighted by atomic mass is 16.3. The Morgan fingerprint density at radius 1 is 1.22 bits per heavy atom. The van der Waals surface area contributed by atoms with E-state index < -0.39 is 0 Å². The number of rotatable bonds is 2. The molecule has 0 aliphatic carbocycles. The molecule has 0 fully saturated rings. The molecule has 0 aliphatic rings. The Balaban J connectivity index is 2.19. The van der Waals surface area contributed by atoms with Crippen LogP contribution in [-0.4, -0.2) is 16.0 Å². The maximum atomic E-state index is 11.9. The molecule has 1 aromatic carbocycles. The third-order valence-corrected chi connectivity index (χ3v) is 2.60. The molecule has 2 rings (SSSR count). The van der Waals surface area contributed by atoms with Gasteiger partial charge in [-0.2, -0.15) is 0 Å². The standard InChI is InChI=1S/C14H14N2O2/c1-9-6-7-11(8-12(9)17)14(18)16-13-5-3-4-10(2)15-13/h3-8,17H,1-2H3,(H,15,16,18). The Bertz CT molecular complexity index is 594. The number of amides is 1. The van der Waals surface area contributed by atoms with Gasteiger partial charge in [-0.05, 0) is 43.7 Å². The molecule has 0 radical (unpaired) electrons. The highest BCUT2D eigenvalue weighted by Gasteiger charge is 2.08. The molecule has 2 aromatic rings. The third-order valence-electron chi connectivity index (χ3n) is 2.60. The summed E-state index contributed by atoms with van der Waals surface area (Å²) in [5, 5.41) is 12.2.